The molecule has 0 bridgehead atoms. The van der Waals surface area contributed by atoms with Crippen molar-refractivity contribution in [3.63, 3.8) is 0 Å². The van der Waals surface area contributed by atoms with Gasteiger partial charge in [0.1, 0.15) is 5.82 Å². The number of para-hydroxylation sites is 1. The summed E-state index contributed by atoms with van der Waals surface area (Å²) in [5, 5.41) is 3.59. The van der Waals surface area contributed by atoms with Crippen LogP contribution < -0.4 is 10.2 Å². The summed E-state index contributed by atoms with van der Waals surface area (Å²) in [5.41, 5.74) is 0.783. The zero-order valence-corrected chi connectivity index (χ0v) is 8.67. The number of aromatic nitrogens is 1. The van der Waals surface area contributed by atoms with Crippen molar-refractivity contribution in [2.24, 2.45) is 0 Å². The molecule has 0 saturated carbocycles. The SMILES string of the molecule is [3H]C1NC([3H])C([3H])N(c2ccc3ccccc3n2)C1[3H]. The minimum Gasteiger partial charge on any atom is -0.354 e. The Balaban J connectivity index is 2.03. The predicted octanol–water partition coefficient (Wildman–Crippen LogP) is 1.64. The number of hydrogen-bond donors (Lipinski definition) is 1. The fourth-order valence-electron chi connectivity index (χ4n) is 1.70. The van der Waals surface area contributed by atoms with Crippen molar-refractivity contribution >= 4 is 16.7 Å². The Morgan fingerprint density at radius 2 is 1.94 bits per heavy atom. The van der Waals surface area contributed by atoms with Crippen LogP contribution in [0.25, 0.3) is 10.9 Å². The van der Waals surface area contributed by atoms with Gasteiger partial charge in [-0.1, -0.05) is 18.2 Å². The third-order valence-electron chi connectivity index (χ3n) is 2.51. The van der Waals surface area contributed by atoms with E-state index in [9.17, 15) is 0 Å². The van der Waals surface area contributed by atoms with Crippen molar-refractivity contribution in [2.75, 3.05) is 31.0 Å². The van der Waals surface area contributed by atoms with Crippen LogP contribution in [0.3, 0.4) is 0 Å². The van der Waals surface area contributed by atoms with Gasteiger partial charge >= 0.3 is 0 Å². The van der Waals surface area contributed by atoms with E-state index >= 15 is 0 Å². The van der Waals surface area contributed by atoms with Gasteiger partial charge in [-0.3, -0.25) is 0 Å². The Labute approximate surface area is 101 Å². The molecule has 3 nitrogen and oxygen atoms in total. The van der Waals surface area contributed by atoms with E-state index in [1.807, 2.05) is 30.3 Å². The maximum atomic E-state index is 8.03. The van der Waals surface area contributed by atoms with Gasteiger partial charge in [-0.15, -0.1) is 0 Å². The number of fused-ring (bicyclic) bond motifs is 1. The highest BCUT2D eigenvalue weighted by molar-refractivity contribution is 5.80. The molecule has 3 heteroatoms. The highest BCUT2D eigenvalue weighted by Crippen LogP contribution is 2.17. The monoisotopic (exact) mass is 221 g/mol. The first-order chi connectivity index (χ1) is 9.58. The third kappa shape index (κ3) is 1.74. The molecule has 1 N–H and O–H groups in total. The van der Waals surface area contributed by atoms with Gasteiger partial charge in [-0.05, 0) is 18.2 Å². The summed E-state index contributed by atoms with van der Waals surface area (Å²) in [7, 11) is 0. The van der Waals surface area contributed by atoms with E-state index in [4.69, 9.17) is 5.48 Å². The lowest BCUT2D eigenvalue weighted by molar-refractivity contribution is 0.585. The average molecular weight is 221 g/mol. The molecule has 1 aliphatic rings. The largest absolute Gasteiger partial charge is 0.354 e. The van der Waals surface area contributed by atoms with Crippen molar-refractivity contribution in [3.05, 3.63) is 36.4 Å². The van der Waals surface area contributed by atoms with E-state index in [-0.39, 0.29) is 0 Å². The van der Waals surface area contributed by atoms with Crippen LogP contribution in [0.5, 0.6) is 0 Å². The molecule has 0 aliphatic carbocycles. The Morgan fingerprint density at radius 3 is 2.81 bits per heavy atom. The van der Waals surface area contributed by atoms with Crippen LogP contribution in [0.1, 0.15) is 5.48 Å². The molecule has 16 heavy (non-hydrogen) atoms. The first-order valence-corrected chi connectivity index (χ1v) is 5.17. The third-order valence-corrected chi connectivity index (χ3v) is 2.51. The van der Waals surface area contributed by atoms with Crippen LogP contribution in [-0.4, -0.2) is 31.1 Å². The maximum absolute atomic E-state index is 8.03. The Kier molecular flexibility index (Phi) is 1.59. The first kappa shape index (κ1) is 6.21. The predicted molar refractivity (Wildman–Crippen MR) is 66.8 cm³/mol. The molecule has 3 rings (SSSR count). The van der Waals surface area contributed by atoms with Crippen molar-refractivity contribution in [3.8, 4) is 0 Å². The van der Waals surface area contributed by atoms with E-state index in [1.54, 1.807) is 6.07 Å². The number of benzene rings is 1. The summed E-state index contributed by atoms with van der Waals surface area (Å²) >= 11 is 0. The van der Waals surface area contributed by atoms with Crippen LogP contribution in [0, 0.1) is 0 Å². The van der Waals surface area contributed by atoms with Crippen molar-refractivity contribution in [1.82, 2.24) is 10.3 Å². The summed E-state index contributed by atoms with van der Waals surface area (Å²) in [6.07, 6.45) is 0. The van der Waals surface area contributed by atoms with Gasteiger partial charge in [0.2, 0.25) is 0 Å². The molecule has 2 aromatic rings. The molecule has 1 saturated heterocycles. The topological polar surface area (TPSA) is 28.2 Å². The number of rotatable bonds is 1. The lowest BCUT2D eigenvalue weighted by Crippen LogP contribution is -2.43. The van der Waals surface area contributed by atoms with Crippen LogP contribution >= 0.6 is 0 Å². The summed E-state index contributed by atoms with van der Waals surface area (Å²) in [6, 6.07) is 11.3. The van der Waals surface area contributed by atoms with Gasteiger partial charge in [0, 0.05) is 34.2 Å². The molecule has 0 amide bonds. The molecular weight excluding hydrogens is 198 g/mol. The quantitative estimate of drug-likeness (QED) is 0.793. The highest BCUT2D eigenvalue weighted by Gasteiger charge is 2.11. The zero-order valence-electron chi connectivity index (χ0n) is 12.7. The lowest BCUT2D eigenvalue weighted by atomic mass is 10.2. The second kappa shape index (κ2) is 4.10. The van der Waals surface area contributed by atoms with Gasteiger partial charge in [0.15, 0.2) is 0 Å². The molecule has 82 valence electrons. The standard InChI is InChI=1S/C13H15N3/c1-2-4-12-11(3-1)5-6-13(15-12)16-9-7-14-8-10-16/h1-6,14H,7-10H2/i7T,8T,9T,10T. The van der Waals surface area contributed by atoms with Crippen LogP contribution in [-0.2, 0) is 0 Å². The number of piperazine rings is 1. The summed E-state index contributed by atoms with van der Waals surface area (Å²) in [5.74, 6) is 0.472. The molecule has 1 fully saturated rings. The highest BCUT2D eigenvalue weighted by atomic mass is 15.2. The van der Waals surface area contributed by atoms with Crippen LogP contribution in [0.4, 0.5) is 5.82 Å². The molecule has 1 aromatic heterocycles. The van der Waals surface area contributed by atoms with E-state index in [2.05, 4.69) is 10.3 Å². The fourth-order valence-corrected chi connectivity index (χ4v) is 1.70. The Hall–Kier alpha value is -1.61. The van der Waals surface area contributed by atoms with E-state index in [0.29, 0.717) is 5.82 Å². The van der Waals surface area contributed by atoms with Gasteiger partial charge < -0.3 is 10.2 Å². The molecule has 0 spiro atoms. The Bertz CT molecular complexity index is 609. The number of pyridine rings is 1. The van der Waals surface area contributed by atoms with Crippen molar-refractivity contribution in [1.29, 1.82) is 0 Å². The number of hydrogen-bond acceptors (Lipinski definition) is 3. The van der Waals surface area contributed by atoms with Crippen LogP contribution in [0.15, 0.2) is 36.4 Å². The minimum absolute atomic E-state index is 0.472. The molecule has 4 unspecified atom stereocenters. The lowest BCUT2D eigenvalue weighted by Gasteiger charge is -2.28. The molecule has 1 aliphatic heterocycles. The number of anilines is 1. The number of nitrogens with one attached hydrogen (secondary N) is 1. The molecular formula is C13H15N3. The second-order valence-corrected chi connectivity index (χ2v) is 3.57. The van der Waals surface area contributed by atoms with Gasteiger partial charge in [-0.2, -0.15) is 0 Å². The van der Waals surface area contributed by atoms with E-state index in [0.717, 1.165) is 10.9 Å². The fraction of sp³-hybridized carbons (Fsp3) is 0.308. The van der Waals surface area contributed by atoms with Gasteiger partial charge in [0.05, 0.1) is 8.26 Å². The summed E-state index contributed by atoms with van der Waals surface area (Å²) in [4.78, 5) is 5.88. The molecule has 2 heterocycles. The minimum atomic E-state index is -0.951. The number of nitrogens with zero attached hydrogens (tertiary/aromatic N) is 2. The van der Waals surface area contributed by atoms with Crippen LogP contribution in [0.2, 0.25) is 0 Å². The van der Waals surface area contributed by atoms with E-state index < -0.39 is 26.1 Å². The maximum Gasteiger partial charge on any atom is 0.129 e. The first-order valence-electron chi connectivity index (χ1n) is 7.48. The Morgan fingerprint density at radius 1 is 1.12 bits per heavy atom. The van der Waals surface area contributed by atoms with Gasteiger partial charge in [-0.25, -0.2) is 4.98 Å². The summed E-state index contributed by atoms with van der Waals surface area (Å²) in [6.45, 7) is -3.75. The normalized spacial score (nSPS) is 38.6. The zero-order chi connectivity index (χ0) is 14.3. The van der Waals surface area contributed by atoms with E-state index in [1.165, 1.54) is 4.90 Å². The molecule has 1 aromatic carbocycles. The molecule has 0 radical (unpaired) electrons. The second-order valence-electron chi connectivity index (χ2n) is 3.57. The smallest absolute Gasteiger partial charge is 0.129 e. The van der Waals surface area contributed by atoms with Crippen molar-refractivity contribution in [2.45, 2.75) is 0 Å². The van der Waals surface area contributed by atoms with Gasteiger partial charge in [0.25, 0.3) is 0 Å². The molecule has 4 atom stereocenters. The summed E-state index contributed by atoms with van der Waals surface area (Å²) < 4.78 is 31.6. The van der Waals surface area contributed by atoms with Crippen molar-refractivity contribution < 1.29 is 5.48 Å². The average Bonchev–Trinajstić information content (AvgIpc) is 2.45.